The smallest absolute Gasteiger partial charge is 0.430 e. The average molecular weight is 336 g/mol. The average Bonchev–Trinajstić information content (AvgIpc) is 2.99. The van der Waals surface area contributed by atoms with Crippen LogP contribution in [0.1, 0.15) is 65.7 Å². The molecule has 0 aliphatic heterocycles. The van der Waals surface area contributed by atoms with Gasteiger partial charge in [-0.1, -0.05) is 12.8 Å². The van der Waals surface area contributed by atoms with Gasteiger partial charge < -0.3 is 4.74 Å². The molecule has 2 saturated carbocycles. The molecule has 1 atom stereocenters. The fourth-order valence-electron chi connectivity index (χ4n) is 3.36. The number of rotatable bonds is 3. The Morgan fingerprint density at radius 1 is 1.12 bits per heavy atom. The van der Waals surface area contributed by atoms with E-state index in [0.717, 1.165) is 30.7 Å². The number of amides is 1. The van der Waals surface area contributed by atoms with Gasteiger partial charge in [-0.25, -0.2) is 9.80 Å². The van der Waals surface area contributed by atoms with E-state index in [1.165, 1.54) is 7.05 Å². The van der Waals surface area contributed by atoms with E-state index in [0.29, 0.717) is 25.0 Å². The van der Waals surface area contributed by atoms with E-state index in [2.05, 4.69) is 5.10 Å². The predicted octanol–water partition coefficient (Wildman–Crippen LogP) is 3.34. The maximum atomic E-state index is 12.8. The Labute approximate surface area is 143 Å². The molecule has 1 amide bonds. The van der Waals surface area contributed by atoms with Crippen molar-refractivity contribution in [2.75, 3.05) is 7.05 Å². The zero-order valence-electron chi connectivity index (χ0n) is 15.1. The number of hydrogen-bond donors (Lipinski definition) is 0. The molecule has 0 aromatic rings. The highest BCUT2D eigenvalue weighted by molar-refractivity contribution is 6.22. The third-order valence-corrected chi connectivity index (χ3v) is 4.49. The van der Waals surface area contributed by atoms with E-state index in [1.54, 1.807) is 20.8 Å². The zero-order valence-corrected chi connectivity index (χ0v) is 15.1. The minimum atomic E-state index is -0.772. The van der Waals surface area contributed by atoms with Crippen LogP contribution < -0.4 is 0 Å². The van der Waals surface area contributed by atoms with Gasteiger partial charge >= 0.3 is 6.09 Å². The minimum Gasteiger partial charge on any atom is -0.442 e. The SMILES string of the molecule is CN(/N=C1/CCCC(=O)C1C(=O)C1CCCC1)C(=O)OC(C)(C)C. The molecular weight excluding hydrogens is 308 g/mol. The maximum absolute atomic E-state index is 12.8. The monoisotopic (exact) mass is 336 g/mol. The van der Waals surface area contributed by atoms with Crippen LogP contribution >= 0.6 is 0 Å². The van der Waals surface area contributed by atoms with Crippen molar-refractivity contribution in [2.24, 2.45) is 16.9 Å². The van der Waals surface area contributed by atoms with E-state index in [9.17, 15) is 14.4 Å². The molecule has 1 unspecified atom stereocenters. The largest absolute Gasteiger partial charge is 0.442 e. The summed E-state index contributed by atoms with van der Waals surface area (Å²) in [6.07, 6.45) is 4.88. The Balaban J connectivity index is 2.16. The van der Waals surface area contributed by atoms with Gasteiger partial charge in [-0.2, -0.15) is 5.10 Å². The van der Waals surface area contributed by atoms with Crippen molar-refractivity contribution < 1.29 is 19.1 Å². The summed E-state index contributed by atoms with van der Waals surface area (Å²) in [4.78, 5) is 37.2. The lowest BCUT2D eigenvalue weighted by atomic mass is 9.79. The Morgan fingerprint density at radius 2 is 1.75 bits per heavy atom. The fraction of sp³-hybridized carbons (Fsp3) is 0.778. The standard InChI is InChI=1S/C18H28N2O4/c1-18(2,3)24-17(23)20(4)19-13-10-7-11-14(21)15(13)16(22)12-8-5-6-9-12/h12,15H,5-11H2,1-4H3/b19-13-. The topological polar surface area (TPSA) is 76.0 Å². The summed E-state index contributed by atoms with van der Waals surface area (Å²) in [5, 5.41) is 5.38. The van der Waals surface area contributed by atoms with Crippen molar-refractivity contribution in [2.45, 2.75) is 71.3 Å². The molecule has 0 radical (unpaired) electrons. The summed E-state index contributed by atoms with van der Waals surface area (Å²) in [7, 11) is 1.50. The van der Waals surface area contributed by atoms with Crippen LogP contribution in [0.3, 0.4) is 0 Å². The van der Waals surface area contributed by atoms with Crippen molar-refractivity contribution in [3.63, 3.8) is 0 Å². The minimum absolute atomic E-state index is 0.00598. The van der Waals surface area contributed by atoms with Crippen LogP contribution in [0, 0.1) is 11.8 Å². The van der Waals surface area contributed by atoms with Crippen LogP contribution in [0.15, 0.2) is 5.10 Å². The van der Waals surface area contributed by atoms with Crippen LogP contribution in [-0.4, -0.2) is 41.0 Å². The highest BCUT2D eigenvalue weighted by Crippen LogP contribution is 2.31. The van der Waals surface area contributed by atoms with Crippen LogP contribution in [0.4, 0.5) is 4.79 Å². The van der Waals surface area contributed by atoms with E-state index >= 15 is 0 Å². The van der Waals surface area contributed by atoms with Crippen LogP contribution in [0.25, 0.3) is 0 Å². The third-order valence-electron chi connectivity index (χ3n) is 4.49. The molecule has 6 nitrogen and oxygen atoms in total. The number of nitrogens with zero attached hydrogens (tertiary/aromatic N) is 2. The molecule has 0 N–H and O–H groups in total. The predicted molar refractivity (Wildman–Crippen MR) is 90.7 cm³/mol. The van der Waals surface area contributed by atoms with Gasteiger partial charge in [0.2, 0.25) is 0 Å². The summed E-state index contributed by atoms with van der Waals surface area (Å²) >= 11 is 0. The molecule has 2 aliphatic carbocycles. The van der Waals surface area contributed by atoms with Gasteiger partial charge in [-0.15, -0.1) is 0 Å². The molecule has 2 rings (SSSR count). The van der Waals surface area contributed by atoms with Crippen molar-refractivity contribution in [1.29, 1.82) is 0 Å². The lowest BCUT2D eigenvalue weighted by Crippen LogP contribution is -2.40. The van der Waals surface area contributed by atoms with Gasteiger partial charge in [0.1, 0.15) is 17.3 Å². The number of ketones is 2. The molecule has 24 heavy (non-hydrogen) atoms. The number of carbonyl (C=O) groups is 3. The van der Waals surface area contributed by atoms with E-state index < -0.39 is 17.6 Å². The molecule has 134 valence electrons. The molecule has 0 spiro atoms. The first-order chi connectivity index (χ1) is 11.2. The molecule has 0 heterocycles. The molecule has 6 heteroatoms. The fourth-order valence-corrected chi connectivity index (χ4v) is 3.36. The number of hydrazone groups is 1. The Hall–Kier alpha value is -1.72. The van der Waals surface area contributed by atoms with Crippen molar-refractivity contribution >= 4 is 23.4 Å². The van der Waals surface area contributed by atoms with E-state index in [4.69, 9.17) is 4.74 Å². The summed E-state index contributed by atoms with van der Waals surface area (Å²) < 4.78 is 5.27. The summed E-state index contributed by atoms with van der Waals surface area (Å²) in [5.41, 5.74) is -0.107. The summed E-state index contributed by atoms with van der Waals surface area (Å²) in [5.74, 6) is -0.871. The Morgan fingerprint density at radius 3 is 2.33 bits per heavy atom. The summed E-state index contributed by atoms with van der Waals surface area (Å²) in [6, 6.07) is 0. The van der Waals surface area contributed by atoms with Crippen LogP contribution in [-0.2, 0) is 14.3 Å². The normalized spacial score (nSPS) is 24.2. The second-order valence-corrected chi connectivity index (χ2v) is 7.73. The number of hydrogen-bond acceptors (Lipinski definition) is 5. The molecule has 0 bridgehead atoms. The second-order valence-electron chi connectivity index (χ2n) is 7.73. The van der Waals surface area contributed by atoms with Gasteiger partial charge in [0.25, 0.3) is 0 Å². The van der Waals surface area contributed by atoms with Gasteiger partial charge in [-0.05, 0) is 46.5 Å². The van der Waals surface area contributed by atoms with Gasteiger partial charge in [0.15, 0.2) is 5.78 Å². The lowest BCUT2D eigenvalue weighted by molar-refractivity contribution is -0.132. The van der Waals surface area contributed by atoms with Crippen molar-refractivity contribution in [3.05, 3.63) is 0 Å². The van der Waals surface area contributed by atoms with Gasteiger partial charge in [0, 0.05) is 19.4 Å². The highest BCUT2D eigenvalue weighted by Gasteiger charge is 2.39. The quantitative estimate of drug-likeness (QED) is 0.585. The van der Waals surface area contributed by atoms with Crippen molar-refractivity contribution in [3.8, 4) is 0 Å². The zero-order chi connectivity index (χ0) is 17.9. The number of ether oxygens (including phenoxy) is 1. The van der Waals surface area contributed by atoms with E-state index in [1.807, 2.05) is 0 Å². The highest BCUT2D eigenvalue weighted by atomic mass is 16.6. The van der Waals surface area contributed by atoms with Crippen molar-refractivity contribution in [1.82, 2.24) is 5.01 Å². The van der Waals surface area contributed by atoms with E-state index in [-0.39, 0.29) is 17.5 Å². The van der Waals surface area contributed by atoms with Gasteiger partial charge in [-0.3, -0.25) is 9.59 Å². The molecule has 0 saturated heterocycles. The lowest BCUT2D eigenvalue weighted by Gasteiger charge is -2.27. The maximum Gasteiger partial charge on any atom is 0.430 e. The molecule has 0 aromatic heterocycles. The second kappa shape index (κ2) is 7.45. The first-order valence-corrected chi connectivity index (χ1v) is 8.79. The number of carbonyl (C=O) groups excluding carboxylic acids is 3. The third kappa shape index (κ3) is 4.65. The number of Topliss-reactive ketones (excluding diaryl/α,β-unsaturated/α-hetero) is 2. The first kappa shape index (κ1) is 18.6. The first-order valence-electron chi connectivity index (χ1n) is 8.79. The Kier molecular flexibility index (Phi) is 5.78. The van der Waals surface area contributed by atoms with Gasteiger partial charge in [0.05, 0.1) is 5.71 Å². The Bertz CT molecular complexity index is 542. The molecule has 2 aliphatic rings. The molecule has 0 aromatic carbocycles. The van der Waals surface area contributed by atoms with Crippen LogP contribution in [0.5, 0.6) is 0 Å². The van der Waals surface area contributed by atoms with Crippen LogP contribution in [0.2, 0.25) is 0 Å². The molecular formula is C18H28N2O4. The molecule has 2 fully saturated rings. The summed E-state index contributed by atoms with van der Waals surface area (Å²) in [6.45, 7) is 5.34.